The first-order valence-electron chi connectivity index (χ1n) is 5.70. The highest BCUT2D eigenvalue weighted by atomic mass is 19.1. The van der Waals surface area contributed by atoms with Crippen molar-refractivity contribution in [1.29, 1.82) is 0 Å². The van der Waals surface area contributed by atoms with Crippen LogP contribution in [0.1, 0.15) is 28.8 Å². The van der Waals surface area contributed by atoms with Gasteiger partial charge in [-0.1, -0.05) is 11.2 Å². The number of halogens is 1. The van der Waals surface area contributed by atoms with E-state index < -0.39 is 11.7 Å². The number of benzene rings is 1. The Hall–Kier alpha value is -2.07. The number of nitrogens with zero attached hydrogens (tertiary/aromatic N) is 3. The summed E-state index contributed by atoms with van der Waals surface area (Å²) >= 11 is 0. The molecule has 18 heavy (non-hydrogen) atoms. The number of carbonyl (C=O) groups is 1. The smallest absolute Gasteiger partial charge is 0.254 e. The van der Waals surface area contributed by atoms with E-state index >= 15 is 0 Å². The van der Waals surface area contributed by atoms with E-state index in [4.69, 9.17) is 5.53 Å². The Balaban J connectivity index is 2.38. The molecule has 0 unspecified atom stereocenters. The normalized spacial score (nSPS) is 9.67. The zero-order valence-electron chi connectivity index (χ0n) is 10.2. The predicted octanol–water partition coefficient (Wildman–Crippen LogP) is 2.95. The fraction of sp³-hybridized carbons (Fsp3) is 0.417. The average Bonchev–Trinajstić information content (AvgIpc) is 2.33. The van der Waals surface area contributed by atoms with Crippen molar-refractivity contribution in [2.75, 3.05) is 13.1 Å². The number of amides is 1. The first-order valence-corrected chi connectivity index (χ1v) is 5.70. The van der Waals surface area contributed by atoms with Gasteiger partial charge in [-0.2, -0.15) is 0 Å². The molecule has 5 nitrogen and oxygen atoms in total. The summed E-state index contributed by atoms with van der Waals surface area (Å²) in [5, 5.41) is 6.00. The third-order valence-corrected chi connectivity index (χ3v) is 2.40. The van der Waals surface area contributed by atoms with Crippen molar-refractivity contribution in [3.8, 4) is 0 Å². The Morgan fingerprint density at radius 3 is 2.94 bits per heavy atom. The van der Waals surface area contributed by atoms with Gasteiger partial charge >= 0.3 is 0 Å². The third-order valence-electron chi connectivity index (χ3n) is 2.40. The van der Waals surface area contributed by atoms with Crippen molar-refractivity contribution < 1.29 is 9.18 Å². The van der Waals surface area contributed by atoms with Crippen LogP contribution in [0.4, 0.5) is 4.39 Å². The van der Waals surface area contributed by atoms with E-state index in [-0.39, 0.29) is 5.56 Å². The topological polar surface area (TPSA) is 77.9 Å². The molecule has 0 saturated heterocycles. The summed E-state index contributed by atoms with van der Waals surface area (Å²) in [4.78, 5) is 14.3. The molecular weight excluding hydrogens is 235 g/mol. The van der Waals surface area contributed by atoms with E-state index in [1.807, 2.05) is 0 Å². The van der Waals surface area contributed by atoms with Crippen molar-refractivity contribution in [3.05, 3.63) is 45.6 Å². The molecule has 96 valence electrons. The molecule has 0 aliphatic rings. The predicted molar refractivity (Wildman–Crippen MR) is 66.7 cm³/mol. The van der Waals surface area contributed by atoms with Gasteiger partial charge in [0.05, 0.1) is 5.56 Å². The molecule has 1 amide bonds. The van der Waals surface area contributed by atoms with E-state index in [1.54, 1.807) is 13.0 Å². The van der Waals surface area contributed by atoms with Crippen LogP contribution in [0.25, 0.3) is 10.4 Å². The molecule has 1 rings (SSSR count). The van der Waals surface area contributed by atoms with Crippen LogP contribution in [0.5, 0.6) is 0 Å². The van der Waals surface area contributed by atoms with Crippen molar-refractivity contribution >= 4 is 5.91 Å². The maximum absolute atomic E-state index is 13.5. The zero-order chi connectivity index (χ0) is 13.4. The Morgan fingerprint density at radius 1 is 1.50 bits per heavy atom. The minimum absolute atomic E-state index is 0.0515. The lowest BCUT2D eigenvalue weighted by molar-refractivity contribution is 0.0949. The van der Waals surface area contributed by atoms with Crippen LogP contribution >= 0.6 is 0 Å². The second kappa shape index (κ2) is 7.29. The number of hydrogen-bond acceptors (Lipinski definition) is 2. The highest BCUT2D eigenvalue weighted by molar-refractivity contribution is 5.94. The number of unbranched alkanes of at least 4 members (excludes halogenated alkanes) is 1. The van der Waals surface area contributed by atoms with Crippen molar-refractivity contribution in [1.82, 2.24) is 5.32 Å². The molecule has 0 fully saturated rings. The lowest BCUT2D eigenvalue weighted by Gasteiger charge is -2.06. The SMILES string of the molecule is Cc1ccc(C(=O)NCCCCN=[N+]=[N-])c(F)c1. The molecule has 1 N–H and O–H groups in total. The summed E-state index contributed by atoms with van der Waals surface area (Å²) in [6.07, 6.45) is 1.39. The highest BCUT2D eigenvalue weighted by Gasteiger charge is 2.10. The molecule has 0 aromatic heterocycles. The molecular formula is C12H15FN4O. The Kier molecular flexibility index (Phi) is 5.67. The van der Waals surface area contributed by atoms with Crippen LogP contribution in [0.2, 0.25) is 0 Å². The Morgan fingerprint density at radius 2 is 2.28 bits per heavy atom. The molecule has 0 saturated carbocycles. The molecule has 0 atom stereocenters. The van der Waals surface area contributed by atoms with E-state index in [1.165, 1.54) is 12.1 Å². The molecule has 6 heteroatoms. The van der Waals surface area contributed by atoms with Gasteiger partial charge in [-0.15, -0.1) is 0 Å². The van der Waals surface area contributed by atoms with Gasteiger partial charge in [-0.25, -0.2) is 4.39 Å². The molecule has 0 spiro atoms. The largest absolute Gasteiger partial charge is 0.352 e. The van der Waals surface area contributed by atoms with Gasteiger partial charge in [0, 0.05) is 18.0 Å². The van der Waals surface area contributed by atoms with Gasteiger partial charge in [0.15, 0.2) is 0 Å². The maximum Gasteiger partial charge on any atom is 0.254 e. The number of rotatable bonds is 6. The van der Waals surface area contributed by atoms with Crippen LogP contribution in [-0.4, -0.2) is 19.0 Å². The van der Waals surface area contributed by atoms with Gasteiger partial charge in [0.25, 0.3) is 5.91 Å². The third kappa shape index (κ3) is 4.43. The average molecular weight is 250 g/mol. The maximum atomic E-state index is 13.5. The molecule has 0 bridgehead atoms. The van der Waals surface area contributed by atoms with E-state index in [9.17, 15) is 9.18 Å². The Labute approximate surface area is 105 Å². The molecule has 1 aromatic rings. The Bertz CT molecular complexity index is 469. The summed E-state index contributed by atoms with van der Waals surface area (Å²) in [5.74, 6) is -0.933. The second-order valence-corrected chi connectivity index (χ2v) is 3.90. The van der Waals surface area contributed by atoms with Gasteiger partial charge in [-0.05, 0) is 43.0 Å². The van der Waals surface area contributed by atoms with Crippen LogP contribution in [0, 0.1) is 12.7 Å². The minimum Gasteiger partial charge on any atom is -0.352 e. The van der Waals surface area contributed by atoms with E-state index in [2.05, 4.69) is 15.3 Å². The lowest BCUT2D eigenvalue weighted by atomic mass is 10.1. The number of aryl methyl sites for hydroxylation is 1. The fourth-order valence-electron chi connectivity index (χ4n) is 1.45. The lowest BCUT2D eigenvalue weighted by Crippen LogP contribution is -2.25. The first-order chi connectivity index (χ1) is 8.65. The van der Waals surface area contributed by atoms with E-state index in [0.717, 1.165) is 5.56 Å². The van der Waals surface area contributed by atoms with Crippen molar-refractivity contribution in [3.63, 3.8) is 0 Å². The van der Waals surface area contributed by atoms with Gasteiger partial charge in [-0.3, -0.25) is 4.79 Å². The quantitative estimate of drug-likeness (QED) is 0.358. The second-order valence-electron chi connectivity index (χ2n) is 3.90. The monoisotopic (exact) mass is 250 g/mol. The van der Waals surface area contributed by atoms with Crippen LogP contribution in [-0.2, 0) is 0 Å². The summed E-state index contributed by atoms with van der Waals surface area (Å²) in [6.45, 7) is 2.61. The summed E-state index contributed by atoms with van der Waals surface area (Å²) < 4.78 is 13.5. The van der Waals surface area contributed by atoms with Gasteiger partial charge in [0.1, 0.15) is 5.82 Å². The minimum atomic E-state index is -0.512. The molecule has 0 aliphatic carbocycles. The number of nitrogens with one attached hydrogen (secondary N) is 1. The summed E-state index contributed by atoms with van der Waals surface area (Å²) in [6, 6.07) is 4.50. The number of carbonyl (C=O) groups excluding carboxylic acids is 1. The van der Waals surface area contributed by atoms with Crippen molar-refractivity contribution in [2.45, 2.75) is 19.8 Å². The van der Waals surface area contributed by atoms with Gasteiger partial charge in [0.2, 0.25) is 0 Å². The molecule has 1 aromatic carbocycles. The number of hydrogen-bond donors (Lipinski definition) is 1. The van der Waals surface area contributed by atoms with Crippen LogP contribution in [0.3, 0.4) is 0 Å². The summed E-state index contributed by atoms with van der Waals surface area (Å²) in [7, 11) is 0. The fourth-order valence-corrected chi connectivity index (χ4v) is 1.45. The van der Waals surface area contributed by atoms with Gasteiger partial charge < -0.3 is 5.32 Å². The summed E-state index contributed by atoms with van der Waals surface area (Å²) in [5.41, 5.74) is 8.89. The molecule has 0 aliphatic heterocycles. The standard InChI is InChI=1S/C12H15FN4O/c1-9-4-5-10(11(13)8-9)12(18)15-6-2-3-7-16-17-14/h4-5,8H,2-3,6-7H2,1H3,(H,15,18). The molecule has 0 radical (unpaired) electrons. The molecule has 0 heterocycles. The van der Waals surface area contributed by atoms with Crippen molar-refractivity contribution in [2.24, 2.45) is 5.11 Å². The number of azide groups is 1. The first kappa shape index (κ1) is 14.0. The van der Waals surface area contributed by atoms with Crippen LogP contribution in [0.15, 0.2) is 23.3 Å². The zero-order valence-corrected chi connectivity index (χ0v) is 10.2. The van der Waals surface area contributed by atoms with E-state index in [0.29, 0.717) is 25.9 Å². The highest BCUT2D eigenvalue weighted by Crippen LogP contribution is 2.09. The van der Waals surface area contributed by atoms with Crippen LogP contribution < -0.4 is 5.32 Å².